The van der Waals surface area contributed by atoms with Crippen LogP contribution in [-0.2, 0) is 16.6 Å². The first-order valence-electron chi connectivity index (χ1n) is 8.14. The van der Waals surface area contributed by atoms with Gasteiger partial charge >= 0.3 is 0 Å². The molecule has 0 saturated heterocycles. The monoisotopic (exact) mass is 346 g/mol. The van der Waals surface area contributed by atoms with Gasteiger partial charge in [0.25, 0.3) is 0 Å². The number of nitrogens with zero attached hydrogens (tertiary/aromatic N) is 2. The Kier molecular flexibility index (Phi) is 6.40. The fourth-order valence-electron chi connectivity index (χ4n) is 2.48. The Balaban J connectivity index is 2.24. The summed E-state index contributed by atoms with van der Waals surface area (Å²) in [5, 5.41) is 0. The summed E-state index contributed by atoms with van der Waals surface area (Å²) < 4.78 is 27.3. The highest BCUT2D eigenvalue weighted by Crippen LogP contribution is 2.21. The summed E-state index contributed by atoms with van der Waals surface area (Å²) in [6.45, 7) is 3.14. The summed E-state index contributed by atoms with van der Waals surface area (Å²) in [7, 11) is 0.532. The van der Waals surface area contributed by atoms with E-state index in [0.717, 1.165) is 12.1 Å². The SMILES string of the molecule is Cc1ccc(CN(c2ccccc2)S(=O)(=O)CCCN(C)C)cc1. The quantitative estimate of drug-likeness (QED) is 0.736. The van der Waals surface area contributed by atoms with Crippen molar-refractivity contribution in [2.45, 2.75) is 19.9 Å². The Bertz CT molecular complexity index is 726. The van der Waals surface area contributed by atoms with Gasteiger partial charge in [-0.25, -0.2) is 8.42 Å². The van der Waals surface area contributed by atoms with Crippen molar-refractivity contribution >= 4 is 15.7 Å². The van der Waals surface area contributed by atoms with E-state index in [9.17, 15) is 8.42 Å². The molecule has 0 radical (unpaired) electrons. The maximum atomic E-state index is 12.9. The zero-order valence-electron chi connectivity index (χ0n) is 14.6. The largest absolute Gasteiger partial charge is 0.309 e. The van der Waals surface area contributed by atoms with E-state index in [4.69, 9.17) is 0 Å². The number of benzene rings is 2. The number of rotatable bonds is 8. The van der Waals surface area contributed by atoms with Gasteiger partial charge in [0.1, 0.15) is 0 Å². The maximum absolute atomic E-state index is 12.9. The van der Waals surface area contributed by atoms with E-state index in [-0.39, 0.29) is 5.75 Å². The summed E-state index contributed by atoms with van der Waals surface area (Å²) in [6, 6.07) is 17.3. The molecule has 0 amide bonds. The number of hydrogen-bond donors (Lipinski definition) is 0. The first-order chi connectivity index (χ1) is 11.4. The normalized spacial score (nSPS) is 11.7. The molecule has 2 aromatic carbocycles. The van der Waals surface area contributed by atoms with E-state index in [1.54, 1.807) is 0 Å². The zero-order chi connectivity index (χ0) is 17.6. The number of aryl methyl sites for hydroxylation is 1. The average Bonchev–Trinajstić information content (AvgIpc) is 2.54. The molecule has 0 aliphatic heterocycles. The van der Waals surface area contributed by atoms with Crippen molar-refractivity contribution in [2.75, 3.05) is 30.7 Å². The van der Waals surface area contributed by atoms with Crippen LogP contribution in [0.25, 0.3) is 0 Å². The highest BCUT2D eigenvalue weighted by atomic mass is 32.2. The van der Waals surface area contributed by atoms with Crippen molar-refractivity contribution in [3.8, 4) is 0 Å². The van der Waals surface area contributed by atoms with Gasteiger partial charge in [0.15, 0.2) is 0 Å². The molecule has 0 fully saturated rings. The van der Waals surface area contributed by atoms with Crippen LogP contribution in [0.15, 0.2) is 54.6 Å². The number of anilines is 1. The third-order valence-corrected chi connectivity index (χ3v) is 5.65. The van der Waals surface area contributed by atoms with Gasteiger partial charge in [0.05, 0.1) is 18.0 Å². The Morgan fingerprint density at radius 2 is 1.54 bits per heavy atom. The lowest BCUT2D eigenvalue weighted by molar-refractivity contribution is 0.408. The van der Waals surface area contributed by atoms with Crippen LogP contribution in [0.5, 0.6) is 0 Å². The Morgan fingerprint density at radius 3 is 2.12 bits per heavy atom. The second-order valence-electron chi connectivity index (χ2n) is 6.30. The maximum Gasteiger partial charge on any atom is 0.235 e. The van der Waals surface area contributed by atoms with E-state index >= 15 is 0 Å². The lowest BCUT2D eigenvalue weighted by Gasteiger charge is -2.25. The van der Waals surface area contributed by atoms with Crippen molar-refractivity contribution in [2.24, 2.45) is 0 Å². The molecule has 0 aliphatic carbocycles. The minimum Gasteiger partial charge on any atom is -0.309 e. The molecule has 0 unspecified atom stereocenters. The summed E-state index contributed by atoms with van der Waals surface area (Å²) in [5.74, 6) is 0.145. The van der Waals surface area contributed by atoms with E-state index in [0.29, 0.717) is 18.7 Å². The summed E-state index contributed by atoms with van der Waals surface area (Å²) in [6.07, 6.45) is 0.618. The molecule has 0 saturated carbocycles. The Hall–Kier alpha value is -1.85. The molecule has 24 heavy (non-hydrogen) atoms. The molecule has 0 bridgehead atoms. The molecule has 5 heteroatoms. The highest BCUT2D eigenvalue weighted by Gasteiger charge is 2.22. The third-order valence-electron chi connectivity index (χ3n) is 3.83. The van der Waals surface area contributed by atoms with E-state index in [1.807, 2.05) is 80.5 Å². The smallest absolute Gasteiger partial charge is 0.235 e. The third kappa shape index (κ3) is 5.35. The van der Waals surface area contributed by atoms with Gasteiger partial charge in [-0.2, -0.15) is 0 Å². The van der Waals surface area contributed by atoms with Gasteiger partial charge in [-0.1, -0.05) is 48.0 Å². The van der Waals surface area contributed by atoms with Crippen LogP contribution in [0.4, 0.5) is 5.69 Å². The summed E-state index contributed by atoms with van der Waals surface area (Å²) >= 11 is 0. The fourth-order valence-corrected chi connectivity index (χ4v) is 3.98. The zero-order valence-corrected chi connectivity index (χ0v) is 15.5. The predicted octanol–water partition coefficient (Wildman–Crippen LogP) is 3.28. The second-order valence-corrected chi connectivity index (χ2v) is 8.31. The first-order valence-corrected chi connectivity index (χ1v) is 9.75. The molecule has 2 aromatic rings. The lowest BCUT2D eigenvalue weighted by atomic mass is 10.1. The van der Waals surface area contributed by atoms with E-state index in [1.165, 1.54) is 9.87 Å². The van der Waals surface area contributed by atoms with Gasteiger partial charge in [-0.15, -0.1) is 0 Å². The molecule has 0 aromatic heterocycles. The average molecular weight is 346 g/mol. The predicted molar refractivity (Wildman–Crippen MR) is 101 cm³/mol. The highest BCUT2D eigenvalue weighted by molar-refractivity contribution is 7.92. The molecule has 4 nitrogen and oxygen atoms in total. The molecule has 2 rings (SSSR count). The standard InChI is InChI=1S/C19H26N2O2S/c1-17-10-12-18(13-11-17)16-21(19-8-5-4-6-9-19)24(22,23)15-7-14-20(2)3/h4-6,8-13H,7,14-16H2,1-3H3. The van der Waals surface area contributed by atoms with Crippen LogP contribution < -0.4 is 4.31 Å². The summed E-state index contributed by atoms with van der Waals surface area (Å²) in [5.41, 5.74) is 2.86. The van der Waals surface area contributed by atoms with Crippen molar-refractivity contribution in [1.29, 1.82) is 0 Å². The van der Waals surface area contributed by atoms with E-state index in [2.05, 4.69) is 0 Å². The van der Waals surface area contributed by atoms with Crippen LogP contribution in [0.2, 0.25) is 0 Å². The van der Waals surface area contributed by atoms with Gasteiger partial charge < -0.3 is 4.90 Å². The molecular weight excluding hydrogens is 320 g/mol. The molecule has 0 N–H and O–H groups in total. The first kappa shape index (κ1) is 18.5. The van der Waals surface area contributed by atoms with Gasteiger partial charge in [-0.3, -0.25) is 4.31 Å². The molecule has 130 valence electrons. The second kappa shape index (κ2) is 8.31. The summed E-state index contributed by atoms with van der Waals surface area (Å²) in [4.78, 5) is 2.00. The van der Waals surface area contributed by atoms with Crippen LogP contribution >= 0.6 is 0 Å². The Labute approximate surface area is 145 Å². The minimum absolute atomic E-state index is 0.145. The van der Waals surface area contributed by atoms with Gasteiger partial charge in [0.2, 0.25) is 10.0 Å². The molecule has 0 spiro atoms. The number of para-hydroxylation sites is 1. The molecule has 0 heterocycles. The van der Waals surface area contributed by atoms with Crippen molar-refractivity contribution in [1.82, 2.24) is 4.90 Å². The van der Waals surface area contributed by atoms with Gasteiger partial charge in [-0.05, 0) is 51.7 Å². The molecular formula is C19H26N2O2S. The van der Waals surface area contributed by atoms with Gasteiger partial charge in [0, 0.05) is 0 Å². The van der Waals surface area contributed by atoms with Crippen molar-refractivity contribution < 1.29 is 8.42 Å². The van der Waals surface area contributed by atoms with E-state index < -0.39 is 10.0 Å². The molecule has 0 aliphatic rings. The topological polar surface area (TPSA) is 40.6 Å². The number of hydrogen-bond acceptors (Lipinski definition) is 3. The van der Waals surface area contributed by atoms with Crippen molar-refractivity contribution in [3.63, 3.8) is 0 Å². The van der Waals surface area contributed by atoms with Crippen LogP contribution in [0.1, 0.15) is 17.5 Å². The number of sulfonamides is 1. The lowest BCUT2D eigenvalue weighted by Crippen LogP contribution is -2.33. The fraction of sp³-hybridized carbons (Fsp3) is 0.368. The Morgan fingerprint density at radius 1 is 0.917 bits per heavy atom. The molecule has 0 atom stereocenters. The minimum atomic E-state index is -3.37. The van der Waals surface area contributed by atoms with Crippen molar-refractivity contribution in [3.05, 3.63) is 65.7 Å². The van der Waals surface area contributed by atoms with Crippen LogP contribution in [0.3, 0.4) is 0 Å². The van der Waals surface area contributed by atoms with Crippen LogP contribution in [0, 0.1) is 6.92 Å². The van der Waals surface area contributed by atoms with Crippen LogP contribution in [-0.4, -0.2) is 39.7 Å².